The Bertz CT molecular complexity index is 865. The zero-order valence-electron chi connectivity index (χ0n) is 15.1. The van der Waals surface area contributed by atoms with Crippen LogP contribution in [0.5, 0.6) is 0 Å². The van der Waals surface area contributed by atoms with Crippen LogP contribution in [-0.4, -0.2) is 22.9 Å². The molecule has 0 aliphatic carbocycles. The number of nitro groups is 1. The highest BCUT2D eigenvalue weighted by Crippen LogP contribution is 2.22. The number of anilines is 1. The van der Waals surface area contributed by atoms with Gasteiger partial charge in [0.2, 0.25) is 5.82 Å². The van der Waals surface area contributed by atoms with Crippen molar-refractivity contribution >= 4 is 23.3 Å². The molecule has 0 aliphatic rings. The monoisotopic (exact) mass is 374 g/mol. The number of amides is 1. The van der Waals surface area contributed by atoms with Crippen molar-refractivity contribution in [2.24, 2.45) is 0 Å². The van der Waals surface area contributed by atoms with Gasteiger partial charge in [0.15, 0.2) is 6.10 Å². The van der Waals surface area contributed by atoms with E-state index in [0.29, 0.717) is 11.5 Å². The Morgan fingerprint density at radius 2 is 1.74 bits per heavy atom. The lowest BCUT2D eigenvalue weighted by atomic mass is 10.0. The number of hydrogen-bond acceptors (Lipinski definition) is 5. The number of hydrogen-bond donors (Lipinski definition) is 1. The van der Waals surface area contributed by atoms with Crippen molar-refractivity contribution in [1.82, 2.24) is 0 Å². The van der Waals surface area contributed by atoms with Crippen molar-refractivity contribution in [3.8, 4) is 0 Å². The van der Waals surface area contributed by atoms with Gasteiger partial charge in [0.1, 0.15) is 0 Å². The summed E-state index contributed by atoms with van der Waals surface area (Å²) in [5, 5.41) is 13.1. The Labute approximate surface area is 155 Å². The summed E-state index contributed by atoms with van der Waals surface area (Å²) >= 11 is 0. The van der Waals surface area contributed by atoms with E-state index in [2.05, 4.69) is 5.32 Å². The largest absolute Gasteiger partial charge is 0.449 e. The van der Waals surface area contributed by atoms with E-state index in [1.54, 1.807) is 12.1 Å². The Morgan fingerprint density at radius 3 is 2.30 bits per heavy atom. The first-order valence-electron chi connectivity index (χ1n) is 8.24. The van der Waals surface area contributed by atoms with Gasteiger partial charge >= 0.3 is 11.7 Å². The van der Waals surface area contributed by atoms with E-state index in [4.69, 9.17) is 4.74 Å². The lowest BCUT2D eigenvalue weighted by molar-refractivity contribution is -0.387. The minimum Gasteiger partial charge on any atom is -0.449 e. The van der Waals surface area contributed by atoms with Crippen LogP contribution in [0, 0.1) is 15.9 Å². The van der Waals surface area contributed by atoms with Crippen molar-refractivity contribution in [2.75, 3.05) is 5.32 Å². The maximum absolute atomic E-state index is 13.3. The quantitative estimate of drug-likeness (QED) is 0.467. The highest BCUT2D eigenvalue weighted by atomic mass is 19.1. The van der Waals surface area contributed by atoms with Gasteiger partial charge in [-0.2, -0.15) is 4.39 Å². The third kappa shape index (κ3) is 5.10. The molecular weight excluding hydrogens is 355 g/mol. The summed E-state index contributed by atoms with van der Waals surface area (Å²) in [5.74, 6) is -2.05. The van der Waals surface area contributed by atoms with Crippen LogP contribution in [0.25, 0.3) is 0 Å². The van der Waals surface area contributed by atoms with Crippen molar-refractivity contribution in [3.05, 3.63) is 69.5 Å². The van der Waals surface area contributed by atoms with Crippen LogP contribution in [0.15, 0.2) is 42.5 Å². The standard InChI is InChI=1S/C19H19FN2O5/c1-11(2)13-4-6-14(7-5-13)19(24)27-12(3)18(23)21-15-8-9-16(20)17(10-15)22(25)26/h4-12H,1-3H3,(H,21,23)/t12-/m0/s1. The van der Waals surface area contributed by atoms with Crippen molar-refractivity contribution in [2.45, 2.75) is 32.8 Å². The molecule has 2 aromatic rings. The zero-order valence-corrected chi connectivity index (χ0v) is 15.1. The number of carbonyl (C=O) groups is 2. The van der Waals surface area contributed by atoms with Crippen LogP contribution in [0.2, 0.25) is 0 Å². The molecule has 0 spiro atoms. The minimum atomic E-state index is -1.15. The minimum absolute atomic E-state index is 0.0253. The number of halogens is 1. The van der Waals surface area contributed by atoms with E-state index in [9.17, 15) is 24.1 Å². The third-order valence-electron chi connectivity index (χ3n) is 3.88. The molecule has 0 radical (unpaired) electrons. The number of rotatable bonds is 6. The number of esters is 1. The molecule has 2 aromatic carbocycles. The molecule has 1 atom stereocenters. The average molecular weight is 374 g/mol. The maximum atomic E-state index is 13.3. The molecule has 0 saturated heterocycles. The fraction of sp³-hybridized carbons (Fsp3) is 0.263. The zero-order chi connectivity index (χ0) is 20.1. The summed E-state index contributed by atoms with van der Waals surface area (Å²) in [6.45, 7) is 5.42. The van der Waals surface area contributed by atoms with Gasteiger partial charge in [-0.3, -0.25) is 14.9 Å². The van der Waals surface area contributed by atoms with Crippen molar-refractivity contribution in [3.63, 3.8) is 0 Å². The first-order chi connectivity index (χ1) is 12.7. The SMILES string of the molecule is CC(C)c1ccc(C(=O)O[C@@H](C)C(=O)Nc2ccc(F)c([N+](=O)[O-])c2)cc1. The Morgan fingerprint density at radius 1 is 1.11 bits per heavy atom. The first-order valence-corrected chi connectivity index (χ1v) is 8.24. The normalized spacial score (nSPS) is 11.7. The second-order valence-electron chi connectivity index (χ2n) is 6.24. The Hall–Kier alpha value is -3.29. The van der Waals surface area contributed by atoms with E-state index >= 15 is 0 Å². The van der Waals surface area contributed by atoms with E-state index in [0.717, 1.165) is 17.7 Å². The van der Waals surface area contributed by atoms with Crippen LogP contribution in [0.1, 0.15) is 42.6 Å². The van der Waals surface area contributed by atoms with Crippen LogP contribution in [0.3, 0.4) is 0 Å². The molecule has 2 rings (SSSR count). The molecule has 1 N–H and O–H groups in total. The van der Waals surface area contributed by atoms with Crippen molar-refractivity contribution < 1.29 is 23.6 Å². The molecule has 0 saturated carbocycles. The second kappa shape index (κ2) is 8.39. The fourth-order valence-corrected chi connectivity index (χ4v) is 2.26. The number of benzene rings is 2. The Kier molecular flexibility index (Phi) is 6.23. The fourth-order valence-electron chi connectivity index (χ4n) is 2.26. The molecule has 142 valence electrons. The molecule has 8 heteroatoms. The van der Waals surface area contributed by atoms with Crippen LogP contribution >= 0.6 is 0 Å². The highest BCUT2D eigenvalue weighted by Gasteiger charge is 2.21. The predicted octanol–water partition coefficient (Wildman–Crippen LogP) is 4.04. The molecular formula is C19H19FN2O5. The van der Waals surface area contributed by atoms with Gasteiger partial charge in [0.05, 0.1) is 10.5 Å². The lowest BCUT2D eigenvalue weighted by Gasteiger charge is -2.14. The molecule has 27 heavy (non-hydrogen) atoms. The molecule has 0 aromatic heterocycles. The Balaban J connectivity index is 2.02. The highest BCUT2D eigenvalue weighted by molar-refractivity contribution is 5.97. The van der Waals surface area contributed by atoms with Crippen molar-refractivity contribution in [1.29, 1.82) is 0 Å². The second-order valence-corrected chi connectivity index (χ2v) is 6.24. The van der Waals surface area contributed by atoms with E-state index in [1.807, 2.05) is 26.0 Å². The summed E-state index contributed by atoms with van der Waals surface area (Å²) in [4.78, 5) is 34.1. The molecule has 0 fully saturated rings. The van der Waals surface area contributed by atoms with Crippen LogP contribution in [-0.2, 0) is 9.53 Å². The molecule has 0 aliphatic heterocycles. The number of ether oxygens (including phenoxy) is 1. The third-order valence-corrected chi connectivity index (χ3v) is 3.88. The number of nitrogens with one attached hydrogen (secondary N) is 1. The smallest absolute Gasteiger partial charge is 0.338 e. The van der Waals surface area contributed by atoms with Gasteiger partial charge in [-0.05, 0) is 42.7 Å². The van der Waals surface area contributed by atoms with Crippen LogP contribution in [0.4, 0.5) is 15.8 Å². The topological polar surface area (TPSA) is 98.5 Å². The van der Waals surface area contributed by atoms with Gasteiger partial charge in [-0.25, -0.2) is 4.79 Å². The summed E-state index contributed by atoms with van der Waals surface area (Å²) < 4.78 is 18.4. The first kappa shape index (κ1) is 20.0. The average Bonchev–Trinajstić information content (AvgIpc) is 2.62. The van der Waals surface area contributed by atoms with E-state index in [-0.39, 0.29) is 5.69 Å². The summed E-state index contributed by atoms with van der Waals surface area (Å²) in [6, 6.07) is 9.80. The summed E-state index contributed by atoms with van der Waals surface area (Å²) in [6.07, 6.45) is -1.15. The molecule has 1 amide bonds. The molecule has 0 bridgehead atoms. The maximum Gasteiger partial charge on any atom is 0.338 e. The van der Waals surface area contributed by atoms with Gasteiger partial charge < -0.3 is 10.1 Å². The number of carbonyl (C=O) groups excluding carboxylic acids is 2. The van der Waals surface area contributed by atoms with Gasteiger partial charge in [-0.15, -0.1) is 0 Å². The van der Waals surface area contributed by atoms with Gasteiger partial charge in [0, 0.05) is 11.8 Å². The van der Waals surface area contributed by atoms with Gasteiger partial charge in [-0.1, -0.05) is 26.0 Å². The van der Waals surface area contributed by atoms with Crippen LogP contribution < -0.4 is 5.32 Å². The predicted molar refractivity (Wildman–Crippen MR) is 97.1 cm³/mol. The summed E-state index contributed by atoms with van der Waals surface area (Å²) in [7, 11) is 0. The number of nitro benzene ring substituents is 1. The molecule has 0 unspecified atom stereocenters. The summed E-state index contributed by atoms with van der Waals surface area (Å²) in [5.41, 5.74) is 0.631. The van der Waals surface area contributed by atoms with Gasteiger partial charge in [0.25, 0.3) is 5.91 Å². The van der Waals surface area contributed by atoms with E-state index < -0.39 is 34.4 Å². The lowest BCUT2D eigenvalue weighted by Crippen LogP contribution is -2.30. The van der Waals surface area contributed by atoms with E-state index in [1.165, 1.54) is 13.0 Å². The molecule has 0 heterocycles. The number of nitrogens with zero attached hydrogens (tertiary/aromatic N) is 1. The molecule has 7 nitrogen and oxygen atoms in total.